The molecule has 0 radical (unpaired) electrons. The highest BCUT2D eigenvalue weighted by molar-refractivity contribution is 5.81. The van der Waals surface area contributed by atoms with Gasteiger partial charge in [-0.25, -0.2) is 0 Å². The quantitative estimate of drug-likeness (QED) is 0.356. The first-order valence-corrected chi connectivity index (χ1v) is 11.2. The van der Waals surface area contributed by atoms with Gasteiger partial charge in [0.1, 0.15) is 5.75 Å². The number of carbonyl (C=O) groups excluding carboxylic acids is 2. The Bertz CT molecular complexity index is 636. The minimum absolute atomic E-state index is 0.0228. The van der Waals surface area contributed by atoms with Crippen molar-refractivity contribution in [3.05, 3.63) is 30.3 Å². The van der Waals surface area contributed by atoms with Crippen LogP contribution in [0.4, 0.5) is 0 Å². The van der Waals surface area contributed by atoms with E-state index in [1.807, 2.05) is 44.2 Å². The highest BCUT2D eigenvalue weighted by atomic mass is 16.7. The first-order chi connectivity index (χ1) is 15.1. The lowest BCUT2D eigenvalue weighted by Gasteiger charge is -2.32. The summed E-state index contributed by atoms with van der Waals surface area (Å²) < 4.78 is 22.0. The summed E-state index contributed by atoms with van der Waals surface area (Å²) in [6, 6.07) is 9.44. The van der Waals surface area contributed by atoms with Crippen molar-refractivity contribution >= 4 is 11.8 Å². The van der Waals surface area contributed by atoms with Crippen LogP contribution in [0.5, 0.6) is 5.75 Å². The summed E-state index contributed by atoms with van der Waals surface area (Å²) in [5.41, 5.74) is 0. The van der Waals surface area contributed by atoms with E-state index in [4.69, 9.17) is 18.9 Å². The van der Waals surface area contributed by atoms with Gasteiger partial charge in [0.2, 0.25) is 11.8 Å². The van der Waals surface area contributed by atoms with Crippen LogP contribution in [0, 0.1) is 5.92 Å². The van der Waals surface area contributed by atoms with E-state index in [9.17, 15) is 9.59 Å². The molecule has 1 saturated heterocycles. The molecule has 1 atom stereocenters. The van der Waals surface area contributed by atoms with Crippen LogP contribution in [-0.4, -0.2) is 75.7 Å². The Kier molecular flexibility index (Phi) is 12.0. The molecule has 1 fully saturated rings. The van der Waals surface area contributed by atoms with Crippen LogP contribution in [0.25, 0.3) is 0 Å². The molecular formula is C23H36N2O6. The summed E-state index contributed by atoms with van der Waals surface area (Å²) in [5.74, 6) is 0.553. The average molecular weight is 437 g/mol. The van der Waals surface area contributed by atoms with Crippen molar-refractivity contribution in [1.29, 1.82) is 0 Å². The van der Waals surface area contributed by atoms with Gasteiger partial charge >= 0.3 is 0 Å². The van der Waals surface area contributed by atoms with E-state index < -0.39 is 0 Å². The summed E-state index contributed by atoms with van der Waals surface area (Å²) in [7, 11) is 0. The molecule has 1 aromatic carbocycles. The minimum atomic E-state index is -0.380. The number of hydrogen-bond acceptors (Lipinski definition) is 6. The topological polar surface area (TPSA) is 86.3 Å². The number of likely N-dealkylation sites (tertiary alicyclic amines) is 1. The number of piperidine rings is 1. The molecule has 1 N–H and O–H groups in total. The molecule has 0 spiro atoms. The Morgan fingerprint density at radius 1 is 1.13 bits per heavy atom. The lowest BCUT2D eigenvalue weighted by atomic mass is 9.97. The van der Waals surface area contributed by atoms with E-state index in [0.717, 1.165) is 18.6 Å². The van der Waals surface area contributed by atoms with Gasteiger partial charge in [0.05, 0.1) is 32.2 Å². The number of nitrogens with one attached hydrogen (secondary N) is 1. The first kappa shape index (κ1) is 25.1. The van der Waals surface area contributed by atoms with Gasteiger partial charge in [0.25, 0.3) is 0 Å². The largest absolute Gasteiger partial charge is 0.493 e. The molecule has 1 aliphatic heterocycles. The third kappa shape index (κ3) is 9.67. The Hall–Kier alpha value is -2.16. The molecule has 0 unspecified atom stereocenters. The van der Waals surface area contributed by atoms with Gasteiger partial charge in [-0.05, 0) is 38.8 Å². The Balaban J connectivity index is 1.62. The summed E-state index contributed by atoms with van der Waals surface area (Å²) >= 11 is 0. The molecule has 174 valence electrons. The monoisotopic (exact) mass is 436 g/mol. The zero-order valence-electron chi connectivity index (χ0n) is 18.7. The molecule has 0 aromatic heterocycles. The number of benzene rings is 1. The summed E-state index contributed by atoms with van der Waals surface area (Å²) in [6.07, 6.45) is 1.53. The third-order valence-electron chi connectivity index (χ3n) is 4.98. The zero-order chi connectivity index (χ0) is 22.3. The van der Waals surface area contributed by atoms with E-state index >= 15 is 0 Å². The maximum Gasteiger partial charge on any atom is 0.226 e. The Morgan fingerprint density at radius 2 is 1.87 bits per heavy atom. The van der Waals surface area contributed by atoms with Crippen LogP contribution in [0.3, 0.4) is 0 Å². The molecule has 31 heavy (non-hydrogen) atoms. The first-order valence-electron chi connectivity index (χ1n) is 11.2. The zero-order valence-corrected chi connectivity index (χ0v) is 18.7. The van der Waals surface area contributed by atoms with Gasteiger partial charge in [-0.15, -0.1) is 0 Å². The summed E-state index contributed by atoms with van der Waals surface area (Å²) in [4.78, 5) is 26.8. The second-order valence-corrected chi connectivity index (χ2v) is 7.30. The van der Waals surface area contributed by atoms with Crippen LogP contribution >= 0.6 is 0 Å². The van der Waals surface area contributed by atoms with Gasteiger partial charge in [-0.2, -0.15) is 0 Å². The van der Waals surface area contributed by atoms with Gasteiger partial charge in [-0.3, -0.25) is 9.59 Å². The molecule has 0 aliphatic carbocycles. The molecule has 1 aliphatic rings. The van der Waals surface area contributed by atoms with E-state index in [-0.39, 0.29) is 24.0 Å². The molecule has 2 rings (SSSR count). The number of ether oxygens (including phenoxy) is 4. The molecule has 8 heteroatoms. The third-order valence-corrected chi connectivity index (χ3v) is 4.98. The second kappa shape index (κ2) is 14.8. The minimum Gasteiger partial charge on any atom is -0.493 e. The maximum absolute atomic E-state index is 12.5. The van der Waals surface area contributed by atoms with Crippen molar-refractivity contribution in [1.82, 2.24) is 10.2 Å². The fraction of sp³-hybridized carbons (Fsp3) is 0.652. The van der Waals surface area contributed by atoms with Gasteiger partial charge in [0, 0.05) is 32.8 Å². The fourth-order valence-corrected chi connectivity index (χ4v) is 3.44. The second-order valence-electron chi connectivity index (χ2n) is 7.30. The number of nitrogens with zero attached hydrogens (tertiary/aromatic N) is 1. The SMILES string of the molecule is CCOC(COCCNC(=O)[C@@H]1CCCN(C(=O)CCOc2ccccc2)C1)OCC. The number of hydrogen-bond donors (Lipinski definition) is 1. The standard InChI is InChI=1S/C23H36N2O6/c1-3-29-22(30-4-2)18-28-16-13-24-23(27)19-9-8-14-25(17-19)21(26)12-15-31-20-10-6-5-7-11-20/h5-7,10-11,19,22H,3-4,8-9,12-18H2,1-2H3,(H,24,27)/t19-/m1/s1. The van der Waals surface area contributed by atoms with E-state index in [1.54, 1.807) is 4.90 Å². The van der Waals surface area contributed by atoms with Gasteiger partial charge < -0.3 is 29.2 Å². The van der Waals surface area contributed by atoms with Crippen molar-refractivity contribution in [2.45, 2.75) is 39.4 Å². The molecule has 2 amide bonds. The molecule has 0 saturated carbocycles. The van der Waals surface area contributed by atoms with Gasteiger partial charge in [-0.1, -0.05) is 18.2 Å². The van der Waals surface area contributed by atoms with Crippen LogP contribution in [0.1, 0.15) is 33.1 Å². The van der Waals surface area contributed by atoms with Crippen molar-refractivity contribution in [3.63, 3.8) is 0 Å². The number of para-hydroxylation sites is 1. The van der Waals surface area contributed by atoms with Gasteiger partial charge in [0.15, 0.2) is 6.29 Å². The predicted octanol–water partition coefficient (Wildman–Crippen LogP) is 2.23. The molecule has 1 aromatic rings. The predicted molar refractivity (Wildman–Crippen MR) is 117 cm³/mol. The lowest BCUT2D eigenvalue weighted by Crippen LogP contribution is -2.46. The number of amides is 2. The highest BCUT2D eigenvalue weighted by Gasteiger charge is 2.28. The number of rotatable bonds is 14. The maximum atomic E-state index is 12.5. The van der Waals surface area contributed by atoms with Crippen LogP contribution < -0.4 is 10.1 Å². The van der Waals surface area contributed by atoms with Crippen molar-refractivity contribution < 1.29 is 28.5 Å². The van der Waals surface area contributed by atoms with Crippen molar-refractivity contribution in [2.24, 2.45) is 5.92 Å². The summed E-state index contributed by atoms with van der Waals surface area (Å²) in [5, 5.41) is 2.91. The van der Waals surface area contributed by atoms with Crippen molar-refractivity contribution in [2.75, 3.05) is 52.7 Å². The Morgan fingerprint density at radius 3 is 2.58 bits per heavy atom. The smallest absolute Gasteiger partial charge is 0.226 e. The van der Waals surface area contributed by atoms with Crippen LogP contribution in [0.15, 0.2) is 30.3 Å². The van der Waals surface area contributed by atoms with E-state index in [1.165, 1.54) is 0 Å². The normalized spacial score (nSPS) is 16.4. The van der Waals surface area contributed by atoms with Crippen molar-refractivity contribution in [3.8, 4) is 5.75 Å². The summed E-state index contributed by atoms with van der Waals surface area (Å²) in [6.45, 7) is 7.52. The molecule has 1 heterocycles. The Labute approximate surface area is 185 Å². The molecule has 0 bridgehead atoms. The van der Waals surface area contributed by atoms with E-state index in [2.05, 4.69) is 5.32 Å². The lowest BCUT2D eigenvalue weighted by molar-refractivity contribution is -0.167. The average Bonchev–Trinajstić information content (AvgIpc) is 2.79. The highest BCUT2D eigenvalue weighted by Crippen LogP contribution is 2.18. The fourth-order valence-electron chi connectivity index (χ4n) is 3.44. The van der Waals surface area contributed by atoms with Crippen LogP contribution in [0.2, 0.25) is 0 Å². The van der Waals surface area contributed by atoms with Crippen LogP contribution in [-0.2, 0) is 23.8 Å². The molecular weight excluding hydrogens is 400 g/mol. The van der Waals surface area contributed by atoms with E-state index in [0.29, 0.717) is 59.1 Å². The number of carbonyl (C=O) groups is 2. The molecule has 8 nitrogen and oxygen atoms in total.